The van der Waals surface area contributed by atoms with Crippen molar-refractivity contribution in [2.24, 2.45) is 0 Å². The molecule has 0 aliphatic heterocycles. The average Bonchev–Trinajstić information content (AvgIpc) is 3.35. The number of carbonyl (C=O) groups excluding carboxylic acids is 2. The van der Waals surface area contributed by atoms with Crippen LogP contribution >= 0.6 is 0 Å². The fourth-order valence-electron chi connectivity index (χ4n) is 3.88. The molecule has 0 bridgehead atoms. The predicted octanol–water partition coefficient (Wildman–Crippen LogP) is 6.26. The van der Waals surface area contributed by atoms with Crippen molar-refractivity contribution in [1.82, 2.24) is 4.98 Å². The normalized spacial score (nSPS) is 11.3. The van der Waals surface area contributed by atoms with Gasteiger partial charge in [0.15, 0.2) is 0 Å². The summed E-state index contributed by atoms with van der Waals surface area (Å²) in [6, 6.07) is 22.1. The van der Waals surface area contributed by atoms with Crippen LogP contribution in [0.15, 0.2) is 88.9 Å². The lowest BCUT2D eigenvalue weighted by Gasteiger charge is -2.11. The van der Waals surface area contributed by atoms with Gasteiger partial charge in [-0.25, -0.2) is 14.6 Å². The molecule has 42 heavy (non-hydrogen) atoms. The molecule has 1 aromatic heterocycles. The first-order valence-corrected chi connectivity index (χ1v) is 13.3. The number of rotatable bonds is 12. The molecule has 0 saturated heterocycles. The molecular weight excluding hydrogens is 540 g/mol. The van der Waals surface area contributed by atoms with E-state index < -0.39 is 23.0 Å². The lowest BCUT2D eigenvalue weighted by Crippen LogP contribution is -2.21. The summed E-state index contributed by atoms with van der Waals surface area (Å²) < 4.78 is 22.2. The van der Waals surface area contributed by atoms with Gasteiger partial charge in [-0.3, -0.25) is 10.1 Å². The van der Waals surface area contributed by atoms with E-state index in [1.165, 1.54) is 30.3 Å². The third-order valence-corrected chi connectivity index (χ3v) is 6.01. The molecule has 0 aliphatic rings. The summed E-state index contributed by atoms with van der Waals surface area (Å²) in [7, 11) is 0. The Labute approximate surface area is 242 Å². The zero-order chi connectivity index (χ0) is 30.1. The lowest BCUT2D eigenvalue weighted by molar-refractivity contribution is -0.384. The third kappa shape index (κ3) is 8.14. The minimum Gasteiger partial charge on any atom is -0.493 e. The van der Waals surface area contributed by atoms with Gasteiger partial charge in [-0.1, -0.05) is 30.3 Å². The van der Waals surface area contributed by atoms with Crippen LogP contribution in [0.3, 0.4) is 0 Å². The van der Waals surface area contributed by atoms with E-state index in [1.807, 2.05) is 37.3 Å². The maximum absolute atomic E-state index is 12.8. The molecular formula is C32H30N2O8. The summed E-state index contributed by atoms with van der Waals surface area (Å²) in [5.74, 6) is 0.203. The fourth-order valence-corrected chi connectivity index (χ4v) is 3.88. The largest absolute Gasteiger partial charge is 0.493 e. The highest BCUT2D eigenvalue weighted by atomic mass is 16.6. The Morgan fingerprint density at radius 3 is 2.31 bits per heavy atom. The molecule has 1 heterocycles. The van der Waals surface area contributed by atoms with Crippen LogP contribution in [0.25, 0.3) is 17.5 Å². The van der Waals surface area contributed by atoms with E-state index in [4.69, 9.17) is 18.6 Å². The molecule has 0 saturated carbocycles. The van der Waals surface area contributed by atoms with E-state index in [0.717, 1.165) is 17.0 Å². The van der Waals surface area contributed by atoms with E-state index in [0.29, 0.717) is 35.8 Å². The maximum atomic E-state index is 12.8. The number of hydrogen-bond acceptors (Lipinski definition) is 9. The molecule has 0 unspecified atom stereocenters. The van der Waals surface area contributed by atoms with Crippen molar-refractivity contribution in [2.45, 2.75) is 39.9 Å². The number of oxazole rings is 1. The molecule has 0 amide bonds. The molecule has 216 valence electrons. The summed E-state index contributed by atoms with van der Waals surface area (Å²) >= 11 is 0. The van der Waals surface area contributed by atoms with Gasteiger partial charge in [0, 0.05) is 24.1 Å². The van der Waals surface area contributed by atoms with Crippen molar-refractivity contribution < 1.29 is 33.1 Å². The first-order valence-electron chi connectivity index (χ1n) is 13.3. The number of esters is 2. The number of hydrogen-bond donors (Lipinski definition) is 0. The van der Waals surface area contributed by atoms with Crippen molar-refractivity contribution >= 4 is 23.7 Å². The number of nitro benzene ring substituents is 1. The molecule has 4 aromatic rings. The highest BCUT2D eigenvalue weighted by Crippen LogP contribution is 2.22. The monoisotopic (exact) mass is 570 g/mol. The lowest BCUT2D eigenvalue weighted by atomic mass is 10.1. The molecule has 4 rings (SSSR count). The molecule has 0 atom stereocenters. The molecule has 0 aliphatic carbocycles. The van der Waals surface area contributed by atoms with Crippen molar-refractivity contribution in [1.29, 1.82) is 0 Å². The van der Waals surface area contributed by atoms with Crippen LogP contribution in [-0.4, -0.2) is 34.6 Å². The second kappa shape index (κ2) is 13.9. The number of ether oxygens (including phenoxy) is 3. The topological polar surface area (TPSA) is 131 Å². The van der Waals surface area contributed by atoms with Crippen LogP contribution in [0.1, 0.15) is 36.4 Å². The smallest absolute Gasteiger partial charge is 0.345 e. The van der Waals surface area contributed by atoms with Gasteiger partial charge in [-0.15, -0.1) is 0 Å². The number of nitro groups is 1. The Kier molecular flexibility index (Phi) is 9.83. The van der Waals surface area contributed by atoms with Gasteiger partial charge in [0.25, 0.3) is 5.69 Å². The van der Waals surface area contributed by atoms with E-state index in [9.17, 15) is 19.7 Å². The second-order valence-electron chi connectivity index (χ2n) is 9.57. The third-order valence-electron chi connectivity index (χ3n) is 6.01. The first kappa shape index (κ1) is 29.7. The number of aryl methyl sites for hydroxylation is 1. The van der Waals surface area contributed by atoms with Gasteiger partial charge in [0.2, 0.25) is 5.89 Å². The molecule has 0 radical (unpaired) electrons. The van der Waals surface area contributed by atoms with Crippen LogP contribution in [-0.2, 0) is 32.1 Å². The standard InChI is InChI=1S/C32H30N2O8/c1-21(2)41-32(36)28(31(35)40-20-24-9-13-26(14-10-24)34(37)38)19-23-11-15-27(16-12-23)39-18-17-29-22(3)42-30(33-29)25-7-5-4-6-8-25/h4-16,19,21H,17-18,20H2,1-3H3. The van der Waals surface area contributed by atoms with Crippen molar-refractivity contribution in [3.8, 4) is 17.2 Å². The van der Waals surface area contributed by atoms with Crippen molar-refractivity contribution in [3.63, 3.8) is 0 Å². The molecule has 0 N–H and O–H groups in total. The Morgan fingerprint density at radius 1 is 0.976 bits per heavy atom. The summed E-state index contributed by atoms with van der Waals surface area (Å²) in [5.41, 5.74) is 2.45. The van der Waals surface area contributed by atoms with E-state index in [2.05, 4.69) is 4.98 Å². The Balaban J connectivity index is 1.38. The summed E-state index contributed by atoms with van der Waals surface area (Å²) in [6.45, 7) is 5.42. The molecule has 10 nitrogen and oxygen atoms in total. The Hall–Kier alpha value is -5.25. The SMILES string of the molecule is Cc1oc(-c2ccccc2)nc1CCOc1ccc(C=C(C(=O)OCc2ccc([N+](=O)[O-])cc2)C(=O)OC(C)C)cc1. The minimum absolute atomic E-state index is 0.0796. The van der Waals surface area contributed by atoms with Gasteiger partial charge < -0.3 is 18.6 Å². The van der Waals surface area contributed by atoms with Crippen LogP contribution in [0, 0.1) is 17.0 Å². The zero-order valence-electron chi connectivity index (χ0n) is 23.4. The predicted molar refractivity (Wildman–Crippen MR) is 154 cm³/mol. The molecule has 0 fully saturated rings. The van der Waals surface area contributed by atoms with Crippen molar-refractivity contribution in [2.75, 3.05) is 6.61 Å². The number of non-ortho nitro benzene ring substituents is 1. The minimum atomic E-state index is -0.878. The van der Waals surface area contributed by atoms with Gasteiger partial charge >= 0.3 is 11.9 Å². The highest BCUT2D eigenvalue weighted by Gasteiger charge is 2.23. The second-order valence-corrected chi connectivity index (χ2v) is 9.57. The fraction of sp³-hybridized carbons (Fsp3) is 0.219. The summed E-state index contributed by atoms with van der Waals surface area (Å²) in [4.78, 5) is 40.4. The molecule has 10 heteroatoms. The Bertz CT molecular complexity index is 1560. The number of carbonyl (C=O) groups is 2. The van der Waals surface area contributed by atoms with Crippen LogP contribution < -0.4 is 4.74 Å². The van der Waals surface area contributed by atoms with Gasteiger partial charge in [-0.2, -0.15) is 0 Å². The number of nitrogens with zero attached hydrogens (tertiary/aromatic N) is 2. The van der Waals surface area contributed by atoms with Gasteiger partial charge in [0.1, 0.15) is 23.7 Å². The van der Waals surface area contributed by atoms with Crippen molar-refractivity contribution in [3.05, 3.63) is 117 Å². The summed E-state index contributed by atoms with van der Waals surface area (Å²) in [6.07, 6.45) is 1.49. The first-order chi connectivity index (χ1) is 20.2. The maximum Gasteiger partial charge on any atom is 0.345 e. The zero-order valence-corrected chi connectivity index (χ0v) is 23.4. The Morgan fingerprint density at radius 2 is 1.67 bits per heavy atom. The number of benzene rings is 3. The highest BCUT2D eigenvalue weighted by molar-refractivity contribution is 6.17. The summed E-state index contributed by atoms with van der Waals surface area (Å²) in [5, 5.41) is 10.8. The molecule has 0 spiro atoms. The van der Waals surface area contributed by atoms with Crippen LogP contribution in [0.5, 0.6) is 5.75 Å². The van der Waals surface area contributed by atoms with Crippen LogP contribution in [0.2, 0.25) is 0 Å². The number of aromatic nitrogens is 1. The van der Waals surface area contributed by atoms with Crippen LogP contribution in [0.4, 0.5) is 5.69 Å². The average molecular weight is 571 g/mol. The molecule has 3 aromatic carbocycles. The van der Waals surface area contributed by atoms with E-state index >= 15 is 0 Å². The van der Waals surface area contributed by atoms with E-state index in [-0.39, 0.29) is 17.9 Å². The van der Waals surface area contributed by atoms with Gasteiger partial charge in [-0.05, 0) is 74.4 Å². The van der Waals surface area contributed by atoms with Gasteiger partial charge in [0.05, 0.1) is 23.3 Å². The quantitative estimate of drug-likeness (QED) is 0.0484. The van der Waals surface area contributed by atoms with E-state index in [1.54, 1.807) is 38.1 Å².